The van der Waals surface area contributed by atoms with E-state index in [4.69, 9.17) is 5.73 Å². The molecule has 3 atom stereocenters. The molecule has 3 rings (SSSR count). The Labute approximate surface area is 127 Å². The minimum atomic E-state index is -4.29. The van der Waals surface area contributed by atoms with Gasteiger partial charge in [-0.25, -0.2) is 5.43 Å². The van der Waals surface area contributed by atoms with Crippen LogP contribution in [0.5, 0.6) is 0 Å². The molecule has 2 fully saturated rings. The van der Waals surface area contributed by atoms with Crippen LogP contribution in [-0.2, 0) is 6.18 Å². The monoisotopic (exact) mass is 314 g/mol. The normalized spacial score (nSPS) is 30.1. The highest BCUT2D eigenvalue weighted by Gasteiger charge is 2.33. The first-order chi connectivity index (χ1) is 10.4. The predicted molar refractivity (Wildman–Crippen MR) is 77.8 cm³/mol. The molecule has 2 unspecified atom stereocenters. The van der Waals surface area contributed by atoms with Crippen molar-refractivity contribution in [2.24, 2.45) is 11.7 Å². The van der Waals surface area contributed by atoms with Crippen LogP contribution in [0.4, 0.5) is 13.2 Å². The summed E-state index contributed by atoms with van der Waals surface area (Å²) in [7, 11) is 0. The van der Waals surface area contributed by atoms with Gasteiger partial charge in [-0.1, -0.05) is 12.1 Å². The van der Waals surface area contributed by atoms with Crippen molar-refractivity contribution in [1.29, 1.82) is 0 Å². The molecule has 2 aliphatic heterocycles. The fourth-order valence-electron chi connectivity index (χ4n) is 3.30. The summed E-state index contributed by atoms with van der Waals surface area (Å²) in [6.45, 7) is 3.60. The lowest BCUT2D eigenvalue weighted by Gasteiger charge is -2.24. The molecular formula is C15H21F3N4. The van der Waals surface area contributed by atoms with Crippen molar-refractivity contribution in [3.8, 4) is 0 Å². The minimum Gasteiger partial charge on any atom is -0.326 e. The molecule has 22 heavy (non-hydrogen) atoms. The average molecular weight is 314 g/mol. The van der Waals surface area contributed by atoms with Crippen LogP contribution in [0.25, 0.3) is 0 Å². The number of nitrogens with zero attached hydrogens (tertiary/aromatic N) is 1. The highest BCUT2D eigenvalue weighted by atomic mass is 19.4. The maximum Gasteiger partial charge on any atom is 0.416 e. The number of rotatable bonds is 3. The fraction of sp³-hybridized carbons (Fsp3) is 0.600. The highest BCUT2D eigenvalue weighted by Crippen LogP contribution is 2.32. The smallest absolute Gasteiger partial charge is 0.326 e. The number of alkyl halides is 3. The van der Waals surface area contributed by atoms with Gasteiger partial charge in [0.25, 0.3) is 0 Å². The Morgan fingerprint density at radius 1 is 1.23 bits per heavy atom. The lowest BCUT2D eigenvalue weighted by atomic mass is 9.94. The molecule has 0 saturated carbocycles. The zero-order valence-electron chi connectivity index (χ0n) is 12.2. The van der Waals surface area contributed by atoms with Crippen molar-refractivity contribution in [2.45, 2.75) is 24.7 Å². The van der Waals surface area contributed by atoms with Crippen molar-refractivity contribution in [3.05, 3.63) is 35.4 Å². The third kappa shape index (κ3) is 3.43. The number of hydrogen-bond acceptors (Lipinski definition) is 4. The van der Waals surface area contributed by atoms with Crippen molar-refractivity contribution >= 4 is 0 Å². The van der Waals surface area contributed by atoms with Gasteiger partial charge in [-0.15, -0.1) is 0 Å². The average Bonchev–Trinajstić information content (AvgIpc) is 3.08. The SMILES string of the molecule is N[C@H]1CCN(CC2CNNC2c2ccc(C(F)(F)F)cc2)C1. The molecule has 7 heteroatoms. The van der Waals surface area contributed by atoms with Gasteiger partial charge < -0.3 is 10.6 Å². The summed E-state index contributed by atoms with van der Waals surface area (Å²) in [5.41, 5.74) is 12.5. The van der Waals surface area contributed by atoms with Crippen LogP contribution in [0, 0.1) is 5.92 Å². The first kappa shape index (κ1) is 15.7. The van der Waals surface area contributed by atoms with Crippen molar-refractivity contribution in [2.75, 3.05) is 26.2 Å². The summed E-state index contributed by atoms with van der Waals surface area (Å²) in [6.07, 6.45) is -3.27. The standard InChI is InChI=1S/C15H21F3N4/c16-15(17,18)12-3-1-10(2-4-12)14-11(7-20-21-14)8-22-6-5-13(19)9-22/h1-4,11,13-14,20-21H,5-9,19H2/t11?,13-,14?/m0/s1. The van der Waals surface area contributed by atoms with E-state index in [1.807, 2.05) is 0 Å². The molecule has 0 bridgehead atoms. The van der Waals surface area contributed by atoms with Crippen molar-refractivity contribution in [1.82, 2.24) is 15.8 Å². The van der Waals surface area contributed by atoms with Crippen LogP contribution in [-0.4, -0.2) is 37.1 Å². The van der Waals surface area contributed by atoms with Gasteiger partial charge in [0.15, 0.2) is 0 Å². The predicted octanol–water partition coefficient (Wildman–Crippen LogP) is 1.50. The second kappa shape index (κ2) is 6.16. The minimum absolute atomic E-state index is 0.0270. The van der Waals surface area contributed by atoms with Crippen LogP contribution >= 0.6 is 0 Å². The van der Waals surface area contributed by atoms with E-state index >= 15 is 0 Å². The molecule has 2 heterocycles. The summed E-state index contributed by atoms with van der Waals surface area (Å²) in [4.78, 5) is 2.33. The van der Waals surface area contributed by atoms with E-state index in [1.165, 1.54) is 0 Å². The first-order valence-electron chi connectivity index (χ1n) is 7.57. The van der Waals surface area contributed by atoms with Crippen molar-refractivity contribution in [3.63, 3.8) is 0 Å². The molecule has 0 radical (unpaired) electrons. The van der Waals surface area contributed by atoms with Gasteiger partial charge in [-0.3, -0.25) is 5.43 Å². The maximum atomic E-state index is 12.6. The second-order valence-corrected chi connectivity index (χ2v) is 6.19. The van der Waals surface area contributed by atoms with E-state index in [1.54, 1.807) is 12.1 Å². The largest absolute Gasteiger partial charge is 0.416 e. The number of nitrogens with two attached hydrogens (primary N) is 1. The topological polar surface area (TPSA) is 53.3 Å². The van der Waals surface area contributed by atoms with E-state index in [9.17, 15) is 13.2 Å². The summed E-state index contributed by atoms with van der Waals surface area (Å²) < 4.78 is 37.9. The van der Waals surface area contributed by atoms with Crippen molar-refractivity contribution < 1.29 is 13.2 Å². The second-order valence-electron chi connectivity index (χ2n) is 6.19. The Hall–Kier alpha value is -1.15. The van der Waals surface area contributed by atoms with Gasteiger partial charge in [0.1, 0.15) is 0 Å². The number of hydrazine groups is 1. The third-order valence-corrected chi connectivity index (χ3v) is 4.49. The van der Waals surface area contributed by atoms with Crippen LogP contribution < -0.4 is 16.6 Å². The Balaban J connectivity index is 1.67. The summed E-state index contributed by atoms with van der Waals surface area (Å²) in [5.74, 6) is 0.321. The zero-order chi connectivity index (χ0) is 15.7. The Kier molecular flexibility index (Phi) is 4.40. The maximum absolute atomic E-state index is 12.6. The van der Waals surface area contributed by atoms with E-state index in [0.29, 0.717) is 5.92 Å². The number of halogens is 3. The lowest BCUT2D eigenvalue weighted by molar-refractivity contribution is -0.137. The number of hydrogen-bond donors (Lipinski definition) is 3. The molecule has 122 valence electrons. The van der Waals surface area contributed by atoms with Gasteiger partial charge >= 0.3 is 6.18 Å². The first-order valence-corrected chi connectivity index (χ1v) is 7.57. The molecule has 0 aliphatic carbocycles. The molecule has 4 N–H and O–H groups in total. The van der Waals surface area contributed by atoms with E-state index in [-0.39, 0.29) is 12.1 Å². The van der Waals surface area contributed by atoms with Gasteiger partial charge in [0.05, 0.1) is 11.6 Å². The lowest BCUT2D eigenvalue weighted by Crippen LogP contribution is -2.33. The van der Waals surface area contributed by atoms with E-state index < -0.39 is 11.7 Å². The van der Waals surface area contributed by atoms with Gasteiger partial charge in [0, 0.05) is 31.6 Å². The third-order valence-electron chi connectivity index (χ3n) is 4.49. The molecule has 2 aliphatic rings. The van der Waals surface area contributed by atoms with Crippen LogP contribution in [0.15, 0.2) is 24.3 Å². The molecule has 4 nitrogen and oxygen atoms in total. The summed E-state index contributed by atoms with van der Waals surface area (Å²) in [6, 6.07) is 5.70. The Bertz CT molecular complexity index is 503. The summed E-state index contributed by atoms with van der Waals surface area (Å²) in [5, 5.41) is 0. The summed E-state index contributed by atoms with van der Waals surface area (Å²) >= 11 is 0. The molecule has 0 spiro atoms. The number of benzene rings is 1. The molecule has 2 saturated heterocycles. The van der Waals surface area contributed by atoms with Gasteiger partial charge in [0.2, 0.25) is 0 Å². The fourth-order valence-corrected chi connectivity index (χ4v) is 3.30. The van der Waals surface area contributed by atoms with Gasteiger partial charge in [-0.2, -0.15) is 13.2 Å². The van der Waals surface area contributed by atoms with E-state index in [0.717, 1.165) is 50.3 Å². The highest BCUT2D eigenvalue weighted by molar-refractivity contribution is 5.27. The quantitative estimate of drug-likeness (QED) is 0.791. The Morgan fingerprint density at radius 3 is 2.55 bits per heavy atom. The van der Waals surface area contributed by atoms with E-state index in [2.05, 4.69) is 15.8 Å². The molecule has 1 aromatic rings. The molecular weight excluding hydrogens is 293 g/mol. The molecule has 0 amide bonds. The molecule has 0 aromatic heterocycles. The van der Waals surface area contributed by atoms with Crippen LogP contribution in [0.2, 0.25) is 0 Å². The zero-order valence-corrected chi connectivity index (χ0v) is 12.2. The van der Waals surface area contributed by atoms with Crippen LogP contribution in [0.1, 0.15) is 23.6 Å². The Morgan fingerprint density at radius 2 is 1.95 bits per heavy atom. The number of likely N-dealkylation sites (tertiary alicyclic amines) is 1. The van der Waals surface area contributed by atoms with Crippen LogP contribution in [0.3, 0.4) is 0 Å². The van der Waals surface area contributed by atoms with Gasteiger partial charge in [-0.05, 0) is 30.7 Å². The molecule has 1 aromatic carbocycles. The number of nitrogens with one attached hydrogen (secondary N) is 2.